The molecule has 18 heavy (non-hydrogen) atoms. The standard InChI is InChI=1S/C13H16FNO3/c1-3-11(13(17)18)12(16)15(2)8-9-5-4-6-10(14)7-9/h4-7,11H,3,8H2,1-2H3,(H,17,18). The van der Waals surface area contributed by atoms with Gasteiger partial charge in [0.1, 0.15) is 11.7 Å². The quantitative estimate of drug-likeness (QED) is 0.815. The van der Waals surface area contributed by atoms with Gasteiger partial charge in [-0.2, -0.15) is 0 Å². The fraction of sp³-hybridized carbons (Fsp3) is 0.385. The van der Waals surface area contributed by atoms with E-state index in [0.717, 1.165) is 0 Å². The Kier molecular flexibility index (Phi) is 4.83. The van der Waals surface area contributed by atoms with Gasteiger partial charge in [-0.15, -0.1) is 0 Å². The molecule has 0 aliphatic rings. The van der Waals surface area contributed by atoms with Crippen LogP contribution in [0.4, 0.5) is 4.39 Å². The summed E-state index contributed by atoms with van der Waals surface area (Å²) in [4.78, 5) is 24.0. The summed E-state index contributed by atoms with van der Waals surface area (Å²) in [6.07, 6.45) is 0.238. The van der Waals surface area contributed by atoms with Crippen LogP contribution in [0.1, 0.15) is 18.9 Å². The second-order valence-electron chi connectivity index (χ2n) is 4.12. The molecular weight excluding hydrogens is 237 g/mol. The number of halogens is 1. The molecule has 1 aromatic rings. The normalized spacial score (nSPS) is 11.9. The number of amides is 1. The second-order valence-corrected chi connectivity index (χ2v) is 4.12. The van der Waals surface area contributed by atoms with E-state index in [9.17, 15) is 14.0 Å². The zero-order valence-electron chi connectivity index (χ0n) is 10.4. The summed E-state index contributed by atoms with van der Waals surface area (Å²) in [6, 6.07) is 5.88. The van der Waals surface area contributed by atoms with E-state index in [1.165, 1.54) is 24.1 Å². The SMILES string of the molecule is CCC(C(=O)O)C(=O)N(C)Cc1cccc(F)c1. The van der Waals surface area contributed by atoms with Gasteiger partial charge in [-0.25, -0.2) is 4.39 Å². The molecule has 1 atom stereocenters. The number of rotatable bonds is 5. The molecule has 0 radical (unpaired) electrons. The lowest BCUT2D eigenvalue weighted by Gasteiger charge is -2.20. The molecule has 0 aliphatic carbocycles. The lowest BCUT2D eigenvalue weighted by atomic mass is 10.1. The van der Waals surface area contributed by atoms with Crippen LogP contribution in [0.3, 0.4) is 0 Å². The van der Waals surface area contributed by atoms with Crippen LogP contribution >= 0.6 is 0 Å². The Balaban J connectivity index is 2.73. The van der Waals surface area contributed by atoms with Crippen molar-refractivity contribution in [1.82, 2.24) is 4.90 Å². The number of aliphatic carboxylic acids is 1. The smallest absolute Gasteiger partial charge is 0.316 e. The van der Waals surface area contributed by atoms with E-state index in [2.05, 4.69) is 0 Å². The van der Waals surface area contributed by atoms with Gasteiger partial charge >= 0.3 is 5.97 Å². The van der Waals surface area contributed by atoms with Crippen LogP contribution in [0, 0.1) is 11.7 Å². The fourth-order valence-electron chi connectivity index (χ4n) is 1.71. The molecule has 0 spiro atoms. The highest BCUT2D eigenvalue weighted by Crippen LogP contribution is 2.11. The van der Waals surface area contributed by atoms with Crippen molar-refractivity contribution in [3.05, 3.63) is 35.6 Å². The van der Waals surface area contributed by atoms with Crippen LogP contribution in [-0.4, -0.2) is 28.9 Å². The van der Waals surface area contributed by atoms with Crippen molar-refractivity contribution in [1.29, 1.82) is 0 Å². The first-order valence-corrected chi connectivity index (χ1v) is 5.68. The van der Waals surface area contributed by atoms with E-state index in [4.69, 9.17) is 5.11 Å². The zero-order valence-corrected chi connectivity index (χ0v) is 10.4. The van der Waals surface area contributed by atoms with Gasteiger partial charge in [0, 0.05) is 13.6 Å². The van der Waals surface area contributed by atoms with Crippen LogP contribution in [0.5, 0.6) is 0 Å². The maximum atomic E-state index is 13.0. The van der Waals surface area contributed by atoms with Crippen LogP contribution in [0.2, 0.25) is 0 Å². The van der Waals surface area contributed by atoms with E-state index in [0.29, 0.717) is 5.56 Å². The van der Waals surface area contributed by atoms with Gasteiger partial charge in [-0.1, -0.05) is 19.1 Å². The van der Waals surface area contributed by atoms with E-state index in [1.807, 2.05) is 0 Å². The molecule has 5 heteroatoms. The molecule has 0 heterocycles. The minimum atomic E-state index is -1.13. The molecule has 4 nitrogen and oxygen atoms in total. The maximum Gasteiger partial charge on any atom is 0.316 e. The second kappa shape index (κ2) is 6.14. The van der Waals surface area contributed by atoms with Crippen LogP contribution in [-0.2, 0) is 16.1 Å². The Morgan fingerprint density at radius 1 is 1.44 bits per heavy atom. The Morgan fingerprint density at radius 2 is 2.11 bits per heavy atom. The fourth-order valence-corrected chi connectivity index (χ4v) is 1.71. The number of carboxylic acids is 1. The van der Waals surface area contributed by atoms with Crippen LogP contribution < -0.4 is 0 Å². The van der Waals surface area contributed by atoms with Crippen molar-refractivity contribution in [2.45, 2.75) is 19.9 Å². The lowest BCUT2D eigenvalue weighted by molar-refractivity contribution is -0.150. The first kappa shape index (κ1) is 14.2. The molecule has 1 aromatic carbocycles. The minimum absolute atomic E-state index is 0.195. The van der Waals surface area contributed by atoms with E-state index in [-0.39, 0.29) is 18.8 Å². The lowest BCUT2D eigenvalue weighted by Crippen LogP contribution is -2.36. The van der Waals surface area contributed by atoms with Crippen molar-refractivity contribution in [3.63, 3.8) is 0 Å². The Labute approximate surface area is 105 Å². The largest absolute Gasteiger partial charge is 0.481 e. The number of carbonyl (C=O) groups is 2. The Hall–Kier alpha value is -1.91. The molecule has 0 aliphatic heterocycles. The minimum Gasteiger partial charge on any atom is -0.481 e. The molecular formula is C13H16FNO3. The first-order chi connectivity index (χ1) is 8.45. The van der Waals surface area contributed by atoms with E-state index in [1.54, 1.807) is 19.1 Å². The van der Waals surface area contributed by atoms with Crippen molar-refractivity contribution in [3.8, 4) is 0 Å². The molecule has 1 rings (SSSR count). The Morgan fingerprint density at radius 3 is 2.61 bits per heavy atom. The van der Waals surface area contributed by atoms with Crippen molar-refractivity contribution >= 4 is 11.9 Å². The number of benzene rings is 1. The van der Waals surface area contributed by atoms with Gasteiger partial charge in [0.15, 0.2) is 0 Å². The molecule has 0 saturated carbocycles. The number of carbonyl (C=O) groups excluding carboxylic acids is 1. The summed E-state index contributed by atoms with van der Waals surface area (Å²) in [7, 11) is 1.51. The highest BCUT2D eigenvalue weighted by molar-refractivity contribution is 5.96. The molecule has 1 N–H and O–H groups in total. The third-order valence-electron chi connectivity index (χ3n) is 2.69. The molecule has 0 bridgehead atoms. The maximum absolute atomic E-state index is 13.0. The number of carboxylic acid groups (broad SMARTS) is 1. The molecule has 1 unspecified atom stereocenters. The summed E-state index contributed by atoms with van der Waals surface area (Å²) >= 11 is 0. The highest BCUT2D eigenvalue weighted by Gasteiger charge is 2.26. The monoisotopic (exact) mass is 253 g/mol. The average Bonchev–Trinajstić information content (AvgIpc) is 2.29. The Bertz CT molecular complexity index is 448. The number of hydrogen-bond donors (Lipinski definition) is 1. The van der Waals surface area contributed by atoms with Gasteiger partial charge in [0.05, 0.1) is 0 Å². The molecule has 0 saturated heterocycles. The molecule has 1 amide bonds. The molecule has 98 valence electrons. The molecule has 0 aromatic heterocycles. The van der Waals surface area contributed by atoms with E-state index >= 15 is 0 Å². The van der Waals surface area contributed by atoms with Gasteiger partial charge < -0.3 is 10.0 Å². The topological polar surface area (TPSA) is 57.6 Å². The summed E-state index contributed by atoms with van der Waals surface area (Å²) in [5.41, 5.74) is 0.631. The van der Waals surface area contributed by atoms with Gasteiger partial charge in [0.2, 0.25) is 5.91 Å². The summed E-state index contributed by atoms with van der Waals surface area (Å²) in [5, 5.41) is 8.90. The van der Waals surface area contributed by atoms with E-state index < -0.39 is 17.8 Å². The van der Waals surface area contributed by atoms with Crippen molar-refractivity contribution < 1.29 is 19.1 Å². The van der Waals surface area contributed by atoms with Crippen molar-refractivity contribution in [2.75, 3.05) is 7.05 Å². The van der Waals surface area contributed by atoms with Crippen molar-refractivity contribution in [2.24, 2.45) is 5.92 Å². The van der Waals surface area contributed by atoms with Gasteiger partial charge in [-0.05, 0) is 24.1 Å². The predicted molar refractivity (Wildman–Crippen MR) is 64.3 cm³/mol. The average molecular weight is 253 g/mol. The predicted octanol–water partition coefficient (Wildman–Crippen LogP) is 1.89. The third-order valence-corrected chi connectivity index (χ3v) is 2.69. The summed E-state index contributed by atoms with van der Waals surface area (Å²) in [6.45, 7) is 1.84. The number of hydrogen-bond acceptors (Lipinski definition) is 2. The number of nitrogens with zero attached hydrogens (tertiary/aromatic N) is 1. The zero-order chi connectivity index (χ0) is 13.7. The summed E-state index contributed by atoms with van der Waals surface area (Å²) < 4.78 is 13.0. The summed E-state index contributed by atoms with van der Waals surface area (Å²) in [5.74, 6) is -3.01. The highest BCUT2D eigenvalue weighted by atomic mass is 19.1. The van der Waals surface area contributed by atoms with Gasteiger partial charge in [-0.3, -0.25) is 9.59 Å². The molecule has 0 fully saturated rings. The van der Waals surface area contributed by atoms with Gasteiger partial charge in [0.25, 0.3) is 0 Å². The third kappa shape index (κ3) is 3.55. The van der Waals surface area contributed by atoms with Crippen LogP contribution in [0.25, 0.3) is 0 Å². The first-order valence-electron chi connectivity index (χ1n) is 5.68. The van der Waals surface area contributed by atoms with Crippen LogP contribution in [0.15, 0.2) is 24.3 Å².